The van der Waals surface area contributed by atoms with Gasteiger partial charge < -0.3 is 5.11 Å². The van der Waals surface area contributed by atoms with E-state index >= 15 is 0 Å². The monoisotopic (exact) mass is 293 g/mol. The number of rotatable bonds is 2. The van der Waals surface area contributed by atoms with E-state index in [1.807, 2.05) is 24.3 Å². The molecule has 2 atom stereocenters. The van der Waals surface area contributed by atoms with Crippen LogP contribution >= 0.6 is 0 Å². The molecular formula is C16H14F3NO. The van der Waals surface area contributed by atoms with Crippen LogP contribution in [0, 0.1) is 0 Å². The molecule has 21 heavy (non-hydrogen) atoms. The maximum absolute atomic E-state index is 13.1. The van der Waals surface area contributed by atoms with E-state index in [0.717, 1.165) is 36.0 Å². The predicted octanol–water partition coefficient (Wildman–Crippen LogP) is 3.86. The van der Waals surface area contributed by atoms with E-state index < -0.39 is 17.8 Å². The second-order valence-electron chi connectivity index (χ2n) is 5.25. The third-order valence-electron chi connectivity index (χ3n) is 4.04. The molecule has 1 N–H and O–H groups in total. The molecule has 1 aliphatic rings. The highest BCUT2D eigenvalue weighted by molar-refractivity contribution is 5.39. The third-order valence-corrected chi connectivity index (χ3v) is 4.04. The van der Waals surface area contributed by atoms with E-state index in [-0.39, 0.29) is 11.5 Å². The Labute approximate surface area is 120 Å². The van der Waals surface area contributed by atoms with E-state index in [0.29, 0.717) is 6.42 Å². The average Bonchev–Trinajstić information content (AvgIpc) is 2.89. The van der Waals surface area contributed by atoms with Crippen LogP contribution in [-0.2, 0) is 12.6 Å². The van der Waals surface area contributed by atoms with E-state index in [2.05, 4.69) is 4.98 Å². The molecular weight excluding hydrogens is 279 g/mol. The topological polar surface area (TPSA) is 33.1 Å². The summed E-state index contributed by atoms with van der Waals surface area (Å²) in [6.45, 7) is 0. The minimum absolute atomic E-state index is 0.147. The molecule has 0 saturated carbocycles. The molecule has 2 nitrogen and oxygen atoms in total. The molecule has 3 rings (SSSR count). The molecule has 2 unspecified atom stereocenters. The Balaban J connectivity index is 2.00. The van der Waals surface area contributed by atoms with Crippen molar-refractivity contribution in [2.45, 2.75) is 31.0 Å². The van der Waals surface area contributed by atoms with Gasteiger partial charge in [-0.15, -0.1) is 0 Å². The van der Waals surface area contributed by atoms with Crippen molar-refractivity contribution >= 4 is 0 Å². The maximum atomic E-state index is 13.1. The third kappa shape index (κ3) is 2.53. The lowest BCUT2D eigenvalue weighted by Gasteiger charge is -2.22. The van der Waals surface area contributed by atoms with Crippen molar-refractivity contribution in [2.24, 2.45) is 0 Å². The second-order valence-corrected chi connectivity index (χ2v) is 5.25. The minimum Gasteiger partial charge on any atom is -0.388 e. The highest BCUT2D eigenvalue weighted by atomic mass is 19.4. The van der Waals surface area contributed by atoms with Crippen molar-refractivity contribution in [2.75, 3.05) is 0 Å². The Bertz CT molecular complexity index is 654. The van der Waals surface area contributed by atoms with Crippen molar-refractivity contribution in [1.82, 2.24) is 4.98 Å². The zero-order valence-corrected chi connectivity index (χ0v) is 11.1. The highest BCUT2D eigenvalue weighted by Crippen LogP contribution is 2.44. The van der Waals surface area contributed by atoms with E-state index in [9.17, 15) is 18.3 Å². The van der Waals surface area contributed by atoms with Gasteiger partial charge in [-0.2, -0.15) is 13.2 Å². The van der Waals surface area contributed by atoms with Crippen LogP contribution in [0.2, 0.25) is 0 Å². The second kappa shape index (κ2) is 5.15. The lowest BCUT2D eigenvalue weighted by molar-refractivity contribution is -0.139. The summed E-state index contributed by atoms with van der Waals surface area (Å²) in [5, 5.41) is 10.5. The Hall–Kier alpha value is -1.88. The molecule has 5 heteroatoms. The number of hydrogen-bond acceptors (Lipinski definition) is 2. The number of halogens is 3. The lowest BCUT2D eigenvalue weighted by atomic mass is 9.89. The summed E-state index contributed by atoms with van der Waals surface area (Å²) in [5.74, 6) is -0.313. The highest BCUT2D eigenvalue weighted by Gasteiger charge is 2.38. The Morgan fingerprint density at radius 2 is 1.95 bits per heavy atom. The fourth-order valence-corrected chi connectivity index (χ4v) is 3.04. The normalized spacial score (nSPS) is 19.3. The van der Waals surface area contributed by atoms with Crippen molar-refractivity contribution in [3.8, 4) is 0 Å². The predicted molar refractivity (Wildman–Crippen MR) is 71.7 cm³/mol. The summed E-state index contributed by atoms with van der Waals surface area (Å²) < 4.78 is 39.2. The first-order valence-electron chi connectivity index (χ1n) is 6.75. The van der Waals surface area contributed by atoms with Gasteiger partial charge in [0, 0.05) is 23.9 Å². The quantitative estimate of drug-likeness (QED) is 0.912. The summed E-state index contributed by atoms with van der Waals surface area (Å²) in [4.78, 5) is 3.75. The fraction of sp³-hybridized carbons (Fsp3) is 0.312. The molecule has 1 aromatic heterocycles. The minimum atomic E-state index is -4.49. The number of fused-ring (bicyclic) bond motifs is 1. The molecule has 0 bridgehead atoms. The van der Waals surface area contributed by atoms with Gasteiger partial charge >= 0.3 is 6.18 Å². The molecule has 0 amide bonds. The lowest BCUT2D eigenvalue weighted by Crippen LogP contribution is -2.16. The largest absolute Gasteiger partial charge is 0.416 e. The molecule has 0 fully saturated rings. The zero-order chi connectivity index (χ0) is 15.0. The molecule has 0 saturated heterocycles. The Morgan fingerprint density at radius 1 is 1.19 bits per heavy atom. The van der Waals surface area contributed by atoms with Gasteiger partial charge in [0.25, 0.3) is 0 Å². The van der Waals surface area contributed by atoms with Crippen molar-refractivity contribution in [1.29, 1.82) is 0 Å². The van der Waals surface area contributed by atoms with Gasteiger partial charge in [-0.05, 0) is 30.0 Å². The van der Waals surface area contributed by atoms with Crippen LogP contribution in [0.5, 0.6) is 0 Å². The number of hydrogen-bond donors (Lipinski definition) is 1. The number of aliphatic hydroxyl groups is 1. The Kier molecular flexibility index (Phi) is 3.45. The van der Waals surface area contributed by atoms with Crippen LogP contribution in [0.15, 0.2) is 42.7 Å². The van der Waals surface area contributed by atoms with Crippen LogP contribution in [0.3, 0.4) is 0 Å². The number of pyridine rings is 1. The van der Waals surface area contributed by atoms with Gasteiger partial charge in [0.15, 0.2) is 0 Å². The summed E-state index contributed by atoms with van der Waals surface area (Å²) in [6.07, 6.45) is -2.04. The fourth-order valence-electron chi connectivity index (χ4n) is 3.04. The molecule has 2 aromatic rings. The van der Waals surface area contributed by atoms with Gasteiger partial charge in [-0.1, -0.05) is 24.3 Å². The number of aliphatic hydroxyl groups excluding tert-OH is 1. The Morgan fingerprint density at radius 3 is 2.71 bits per heavy atom. The van der Waals surface area contributed by atoms with Crippen molar-refractivity contribution < 1.29 is 18.3 Å². The van der Waals surface area contributed by atoms with Gasteiger partial charge in [-0.25, -0.2) is 0 Å². The molecule has 1 aromatic carbocycles. The average molecular weight is 293 g/mol. The van der Waals surface area contributed by atoms with E-state index in [1.165, 1.54) is 0 Å². The van der Waals surface area contributed by atoms with Crippen molar-refractivity contribution in [3.05, 3.63) is 65.0 Å². The molecule has 0 radical (unpaired) electrons. The smallest absolute Gasteiger partial charge is 0.388 e. The molecule has 110 valence electrons. The molecule has 1 aliphatic carbocycles. The summed E-state index contributed by atoms with van der Waals surface area (Å²) >= 11 is 0. The van der Waals surface area contributed by atoms with Crippen molar-refractivity contribution in [3.63, 3.8) is 0 Å². The van der Waals surface area contributed by atoms with Crippen LogP contribution in [-0.4, -0.2) is 10.1 Å². The first kappa shape index (κ1) is 14.1. The first-order chi connectivity index (χ1) is 9.98. The maximum Gasteiger partial charge on any atom is 0.416 e. The standard InChI is InChI=1S/C16H14F3NO/c17-16(18,19)14-7-8-20-9-13(14)15(21)12-6-5-10-3-1-2-4-11(10)12/h1-4,7-9,12,15,21H,5-6H2. The number of alkyl halides is 3. The van der Waals surface area contributed by atoms with Gasteiger partial charge in [0.1, 0.15) is 0 Å². The first-order valence-corrected chi connectivity index (χ1v) is 6.75. The van der Waals surface area contributed by atoms with Crippen LogP contribution in [0.25, 0.3) is 0 Å². The SMILES string of the molecule is OC(c1cnccc1C(F)(F)F)C1CCc2ccccc21. The summed E-state index contributed by atoms with van der Waals surface area (Å²) in [6, 6.07) is 8.49. The molecule has 0 aliphatic heterocycles. The molecule has 0 spiro atoms. The number of aromatic nitrogens is 1. The van der Waals surface area contributed by atoms with Gasteiger partial charge in [-0.3, -0.25) is 4.98 Å². The number of benzene rings is 1. The zero-order valence-electron chi connectivity index (χ0n) is 11.1. The number of nitrogens with zero attached hydrogens (tertiary/aromatic N) is 1. The van der Waals surface area contributed by atoms with E-state index in [4.69, 9.17) is 0 Å². The number of aryl methyl sites for hydroxylation is 1. The van der Waals surface area contributed by atoms with Gasteiger partial charge in [0.2, 0.25) is 0 Å². The summed E-state index contributed by atoms with van der Waals surface area (Å²) in [5.41, 5.74) is 1.07. The van der Waals surface area contributed by atoms with E-state index in [1.54, 1.807) is 0 Å². The van der Waals surface area contributed by atoms with Crippen LogP contribution < -0.4 is 0 Å². The van der Waals surface area contributed by atoms with Crippen LogP contribution in [0.4, 0.5) is 13.2 Å². The molecule has 1 heterocycles. The van der Waals surface area contributed by atoms with Gasteiger partial charge in [0.05, 0.1) is 11.7 Å². The van der Waals surface area contributed by atoms with Crippen LogP contribution in [0.1, 0.15) is 40.7 Å². The summed E-state index contributed by atoms with van der Waals surface area (Å²) in [7, 11) is 0.